The molecule has 49 nitrogen and oxygen atoms in total. The zero-order chi connectivity index (χ0) is 104. The Morgan fingerprint density at radius 3 is 0.550 bits per heavy atom. The third-order valence-electron chi connectivity index (χ3n) is 9.99. The highest BCUT2D eigenvalue weighted by Gasteiger charge is 2.11. The molecule has 129 heavy (non-hydrogen) atoms. The number of ketones is 10. The molecular formula is C80H144O49. The number of hydrogen-bond donors (Lipinski definition) is 13. The van der Waals surface area contributed by atoms with Crippen molar-refractivity contribution in [1.29, 1.82) is 0 Å². The monoisotopic (exact) mass is 1890 g/mol. The molecule has 0 rings (SSSR count). The van der Waals surface area contributed by atoms with Crippen LogP contribution in [-0.4, -0.2) is 373 Å². The molecule has 0 saturated carbocycles. The summed E-state index contributed by atoms with van der Waals surface area (Å²) in [4.78, 5) is 227. The largest absolute Gasteiger partial charge is 0.481 e. The van der Waals surface area contributed by atoms with Crippen LogP contribution in [0.5, 0.6) is 0 Å². The normalized spacial score (nSPS) is 9.60. The third kappa shape index (κ3) is 316. The second-order valence-electron chi connectivity index (χ2n) is 25.1. The number of aliphatic carboxylic acids is 13. The first kappa shape index (κ1) is 153. The molecule has 2 atom stereocenters. The molecule has 0 amide bonds. The molecule has 49 heteroatoms. The molecule has 0 fully saturated rings. The minimum atomic E-state index is -1.06. The Labute approximate surface area is 750 Å². The summed E-state index contributed by atoms with van der Waals surface area (Å²) in [6.07, 6.45) is 8.51. The van der Waals surface area contributed by atoms with Gasteiger partial charge in [0.2, 0.25) is 0 Å². The van der Waals surface area contributed by atoms with E-state index >= 15 is 0 Å². The highest BCUT2D eigenvalue weighted by molar-refractivity contribution is 5.81. The van der Waals surface area contributed by atoms with E-state index in [0.717, 1.165) is 92.4 Å². The molecule has 0 aromatic heterocycles. The van der Waals surface area contributed by atoms with E-state index in [4.69, 9.17) is 133 Å². The van der Waals surface area contributed by atoms with Crippen LogP contribution in [0.1, 0.15) is 209 Å². The fraction of sp³-hybridized carbons (Fsp3) is 0.713. The average molecular weight is 1890 g/mol. The van der Waals surface area contributed by atoms with E-state index in [0.29, 0.717) is 72.1 Å². The van der Waals surface area contributed by atoms with Crippen LogP contribution in [0.2, 0.25) is 0 Å². The Hall–Kier alpha value is -10.7. The number of unbranched alkanes of at least 4 members (excludes halogenated alkanes) is 6. The number of carbonyl (C=O) groups is 23. The van der Waals surface area contributed by atoms with E-state index in [9.17, 15) is 86.3 Å². The number of carbonyl (C=O) groups excluding carboxylic acids is 10. The van der Waals surface area contributed by atoms with Crippen molar-refractivity contribution >= 4 is 135 Å². The SMILES string of the molecule is CC(=O)C(C)OCC(=O)O.CC(=O)CCCCCOC(C)C(=O)O.CC(=O)CCCCCOCC(=O)O.CC(=O)CCCCCOCCOCC(=O)O.CC(=O)COCC(=O)O.CC(=O)COCCOCC(=O)O.CC(=O)COCCOCC(=O)O.CC(=O)COCCOCCOCC(=O)O.CC(=O)O.CC(=O)O.CC(=O)O.CC(=O)O.CC(=O)O.CC(C)=O.CC(C)=O. The molecule has 0 bridgehead atoms. The Kier molecular flexibility index (Phi) is 146. The maximum absolute atomic E-state index is 10.6. The molecule has 0 heterocycles. The molecule has 0 spiro atoms. The van der Waals surface area contributed by atoms with Gasteiger partial charge < -0.3 is 152 Å². The van der Waals surface area contributed by atoms with E-state index < -0.39 is 103 Å². The lowest BCUT2D eigenvalue weighted by atomic mass is 10.1. The van der Waals surface area contributed by atoms with Gasteiger partial charge in [-0.3, -0.25) is 47.9 Å². The van der Waals surface area contributed by atoms with Gasteiger partial charge in [0.15, 0.2) is 35.0 Å². The summed E-state index contributed by atoms with van der Waals surface area (Å²) in [7, 11) is 0. The van der Waals surface area contributed by atoms with Crippen LogP contribution in [-0.2, 0) is 172 Å². The standard InChI is InChI=1S/C11H20O5.C10H18O4.C9H16O6.C9H16O4.2C7H12O5.C6H10O4.C5H8O4.2C3H6O.5C2H4O2/c1-10(12)5-3-2-4-6-15-7-8-16-9-11(13)14;1-8(11)6-4-3-5-7-14-9(2)10(12)13;1-8(10)6-14-4-2-13-3-5-15-7-9(11)12;1-8(10)5-3-2-4-6-13-7-9(11)12;2*1-6(8)4-11-2-3-12-5-7(9)10;1-4(7)5(2)10-3-6(8)9;1-4(6)2-9-3-5(7)8;2*1-3(2)4;5*1-2(3)4/h2-9H2,1H3,(H,13,14);9H,3-7H2,1-2H3,(H,12,13);2-7H2,1H3,(H,11,12);2-7H2,1H3,(H,11,12);2*2-5H2,1H3,(H,9,10);5H,3H2,1-2H3,(H,8,9);2-3H2,1H3,(H,7,8);2*1-2H3;5*1H3,(H,3,4). The Bertz CT molecular complexity index is 2670. The second kappa shape index (κ2) is 124. The van der Waals surface area contributed by atoms with Gasteiger partial charge in [-0.05, 0) is 135 Å². The third-order valence-corrected chi connectivity index (χ3v) is 9.99. The lowest BCUT2D eigenvalue weighted by Gasteiger charge is -2.07. The van der Waals surface area contributed by atoms with E-state index in [1.807, 2.05) is 0 Å². The van der Waals surface area contributed by atoms with E-state index in [1.54, 1.807) is 20.8 Å². The quantitative estimate of drug-likeness (QED) is 0.0370. The van der Waals surface area contributed by atoms with Crippen molar-refractivity contribution in [2.75, 3.05) is 159 Å². The highest BCUT2D eigenvalue weighted by Crippen LogP contribution is 2.04. The molecule has 13 N–H and O–H groups in total. The van der Waals surface area contributed by atoms with Gasteiger partial charge in [-0.15, -0.1) is 0 Å². The minimum absolute atomic E-state index is 0.0280. The van der Waals surface area contributed by atoms with Crippen LogP contribution in [0, 0.1) is 0 Å². The summed E-state index contributed by atoms with van der Waals surface area (Å²) >= 11 is 0. The molecule has 0 aromatic carbocycles. The van der Waals surface area contributed by atoms with Crippen molar-refractivity contribution in [2.24, 2.45) is 0 Å². The Morgan fingerprint density at radius 2 is 0.357 bits per heavy atom. The Morgan fingerprint density at radius 1 is 0.186 bits per heavy atom. The second-order valence-corrected chi connectivity index (χ2v) is 25.1. The number of Topliss-reactive ketones (excluding diaryl/α,β-unsaturated/α-hetero) is 10. The van der Waals surface area contributed by atoms with Gasteiger partial charge in [0, 0.05) is 73.7 Å². The van der Waals surface area contributed by atoms with Crippen LogP contribution >= 0.6 is 0 Å². The van der Waals surface area contributed by atoms with E-state index in [-0.39, 0.29) is 150 Å². The van der Waals surface area contributed by atoms with Crippen LogP contribution in [0.15, 0.2) is 0 Å². The molecular weight excluding hydrogens is 1740 g/mol. The van der Waals surface area contributed by atoms with Gasteiger partial charge in [-0.2, -0.15) is 0 Å². The summed E-state index contributed by atoms with van der Waals surface area (Å²) in [5.74, 6) is -11.7. The highest BCUT2D eigenvalue weighted by atomic mass is 16.6. The zero-order valence-corrected chi connectivity index (χ0v) is 77.6. The van der Waals surface area contributed by atoms with Crippen molar-refractivity contribution in [2.45, 2.75) is 221 Å². The summed E-state index contributed by atoms with van der Waals surface area (Å²) in [5.41, 5.74) is 0. The molecule has 0 aromatic rings. The molecule has 0 aliphatic carbocycles. The minimum Gasteiger partial charge on any atom is -0.481 e. The Balaban J connectivity index is -0.0000000851. The number of rotatable bonds is 59. The lowest BCUT2D eigenvalue weighted by molar-refractivity contribution is -0.149. The first-order valence-corrected chi connectivity index (χ1v) is 38.7. The summed E-state index contributed by atoms with van der Waals surface area (Å²) in [5, 5.41) is 103. The number of ether oxygens (including phenoxy) is 13. The van der Waals surface area contributed by atoms with Gasteiger partial charge in [-0.25, -0.2) is 38.4 Å². The maximum Gasteiger partial charge on any atom is 0.332 e. The molecule has 0 radical (unpaired) electrons. The van der Waals surface area contributed by atoms with Crippen LogP contribution in [0.25, 0.3) is 0 Å². The van der Waals surface area contributed by atoms with Crippen LogP contribution in [0.4, 0.5) is 0 Å². The zero-order valence-electron chi connectivity index (χ0n) is 77.6. The molecule has 0 aliphatic heterocycles. The van der Waals surface area contributed by atoms with Gasteiger partial charge in [0.25, 0.3) is 29.8 Å². The summed E-state index contributed by atoms with van der Waals surface area (Å²) in [6, 6.07) is 0. The summed E-state index contributed by atoms with van der Waals surface area (Å²) in [6.45, 7) is 28.4. The molecule has 2 unspecified atom stereocenters. The molecule has 0 saturated heterocycles. The molecule has 758 valence electrons. The lowest BCUT2D eigenvalue weighted by Crippen LogP contribution is -2.21. The predicted octanol–water partition coefficient (Wildman–Crippen LogP) is 4.60. The fourth-order valence-electron chi connectivity index (χ4n) is 5.33. The summed E-state index contributed by atoms with van der Waals surface area (Å²) < 4.78 is 62.5. The first-order valence-electron chi connectivity index (χ1n) is 38.7. The van der Waals surface area contributed by atoms with Crippen molar-refractivity contribution < 1.29 is 238 Å². The van der Waals surface area contributed by atoms with Gasteiger partial charge in [0.1, 0.15) is 108 Å². The first-order chi connectivity index (χ1) is 59.5. The molecule has 0 aliphatic rings. The van der Waals surface area contributed by atoms with Gasteiger partial charge in [0.05, 0.1) is 66.1 Å². The van der Waals surface area contributed by atoms with Crippen molar-refractivity contribution in [3.8, 4) is 0 Å². The number of carboxylic acids is 13. The van der Waals surface area contributed by atoms with Crippen LogP contribution in [0.3, 0.4) is 0 Å². The van der Waals surface area contributed by atoms with Crippen molar-refractivity contribution in [3.63, 3.8) is 0 Å². The topological polar surface area (TPSA) is 776 Å². The number of hydrogen-bond acceptors (Lipinski definition) is 36. The smallest absolute Gasteiger partial charge is 0.332 e. The van der Waals surface area contributed by atoms with E-state index in [2.05, 4.69) is 18.9 Å². The van der Waals surface area contributed by atoms with Crippen molar-refractivity contribution in [3.05, 3.63) is 0 Å². The van der Waals surface area contributed by atoms with Crippen molar-refractivity contribution in [1.82, 2.24) is 0 Å². The predicted molar refractivity (Wildman–Crippen MR) is 451 cm³/mol. The number of carboxylic acid groups (broad SMARTS) is 13. The fourth-order valence-corrected chi connectivity index (χ4v) is 5.33. The van der Waals surface area contributed by atoms with Gasteiger partial charge >= 0.3 is 47.8 Å². The average Bonchev–Trinajstić information content (AvgIpc) is 1.01. The van der Waals surface area contributed by atoms with Gasteiger partial charge in [-0.1, -0.05) is 19.3 Å². The van der Waals surface area contributed by atoms with Crippen LogP contribution < -0.4 is 0 Å². The van der Waals surface area contributed by atoms with E-state index in [1.165, 1.54) is 76.2 Å². The maximum atomic E-state index is 10.6.